The van der Waals surface area contributed by atoms with Crippen LogP contribution in [-0.4, -0.2) is 51.0 Å². The molecule has 7 heteroatoms. The van der Waals surface area contributed by atoms with Gasteiger partial charge >= 0.3 is 6.09 Å². The number of nitrogens with one attached hydrogen (secondary N) is 2. The van der Waals surface area contributed by atoms with Crippen LogP contribution in [-0.2, 0) is 9.53 Å². The molecule has 1 atom stereocenters. The Morgan fingerprint density at radius 3 is 2.03 bits per heavy atom. The maximum absolute atomic E-state index is 13.1. The lowest BCUT2D eigenvalue weighted by Crippen LogP contribution is -2.63. The monoisotopic (exact) mass is 453 g/mol. The van der Waals surface area contributed by atoms with Crippen LogP contribution in [0, 0.1) is 11.3 Å². The van der Waals surface area contributed by atoms with Gasteiger partial charge in [-0.05, 0) is 87.5 Å². The summed E-state index contributed by atoms with van der Waals surface area (Å²) in [4.78, 5) is 25.4. The highest BCUT2D eigenvalue weighted by molar-refractivity contribution is 5.84. The van der Waals surface area contributed by atoms with Gasteiger partial charge in [0.25, 0.3) is 0 Å². The molecule has 3 N–H and O–H groups in total. The molecule has 32 heavy (non-hydrogen) atoms. The molecule has 1 rings (SSSR count). The summed E-state index contributed by atoms with van der Waals surface area (Å²) < 4.78 is 5.39. The lowest BCUT2D eigenvalue weighted by Gasteiger charge is -2.51. The first-order chi connectivity index (χ1) is 14.2. The van der Waals surface area contributed by atoms with E-state index in [0.717, 1.165) is 6.42 Å². The van der Waals surface area contributed by atoms with E-state index in [1.54, 1.807) is 0 Å². The summed E-state index contributed by atoms with van der Waals surface area (Å²) in [7, 11) is 0. The minimum Gasteiger partial charge on any atom is -0.444 e. The van der Waals surface area contributed by atoms with Crippen LogP contribution in [0.2, 0.25) is 0 Å². The third-order valence-electron chi connectivity index (χ3n) is 5.73. The number of hydrogen-bond acceptors (Lipinski definition) is 5. The molecule has 1 heterocycles. The van der Waals surface area contributed by atoms with E-state index in [1.807, 2.05) is 74.5 Å². The van der Waals surface area contributed by atoms with Crippen molar-refractivity contribution >= 4 is 12.0 Å². The first-order valence-corrected chi connectivity index (χ1v) is 11.7. The number of alkyl carbamates (subject to hydrolysis) is 1. The minimum atomic E-state index is -0.754. The van der Waals surface area contributed by atoms with Gasteiger partial charge in [0.2, 0.25) is 5.91 Å². The number of carbonyl (C=O) groups is 2. The fourth-order valence-corrected chi connectivity index (χ4v) is 4.33. The summed E-state index contributed by atoms with van der Waals surface area (Å²) >= 11 is 0. The van der Waals surface area contributed by atoms with Gasteiger partial charge in [-0.1, -0.05) is 26.0 Å². The third kappa shape index (κ3) is 8.74. The van der Waals surface area contributed by atoms with Crippen molar-refractivity contribution in [3.05, 3.63) is 12.2 Å². The van der Waals surface area contributed by atoms with Gasteiger partial charge in [0.1, 0.15) is 5.60 Å². The topological polar surface area (TPSA) is 90.9 Å². The van der Waals surface area contributed by atoms with E-state index in [-0.39, 0.29) is 18.0 Å². The van der Waals surface area contributed by atoms with Crippen molar-refractivity contribution in [2.45, 2.75) is 124 Å². The second-order valence-corrected chi connectivity index (χ2v) is 12.5. The summed E-state index contributed by atoms with van der Waals surface area (Å²) in [5.41, 5.74) is -2.19. The number of carbonyl (C=O) groups excluding carboxylic acids is 2. The molecule has 1 saturated heterocycles. The van der Waals surface area contributed by atoms with E-state index in [1.165, 1.54) is 5.06 Å². The fourth-order valence-electron chi connectivity index (χ4n) is 4.33. The van der Waals surface area contributed by atoms with Crippen molar-refractivity contribution in [2.24, 2.45) is 11.3 Å². The Labute approximate surface area is 195 Å². The molecular formula is C25H47N3O4. The van der Waals surface area contributed by atoms with Crippen LogP contribution < -0.4 is 10.6 Å². The van der Waals surface area contributed by atoms with E-state index in [4.69, 9.17) is 4.74 Å². The van der Waals surface area contributed by atoms with Gasteiger partial charge in [0, 0.05) is 17.1 Å². The summed E-state index contributed by atoms with van der Waals surface area (Å²) in [5.74, 6) is 0.293. The lowest BCUT2D eigenvalue weighted by molar-refractivity contribution is -0.246. The number of amides is 2. The van der Waals surface area contributed by atoms with Crippen molar-refractivity contribution in [3.8, 4) is 0 Å². The van der Waals surface area contributed by atoms with E-state index in [2.05, 4.69) is 24.5 Å². The maximum Gasteiger partial charge on any atom is 0.408 e. The molecule has 0 aromatic heterocycles. The minimum absolute atomic E-state index is 0.0325. The zero-order chi connectivity index (χ0) is 25.1. The largest absolute Gasteiger partial charge is 0.444 e. The lowest BCUT2D eigenvalue weighted by atomic mass is 9.78. The second kappa shape index (κ2) is 10.1. The smallest absolute Gasteiger partial charge is 0.408 e. The predicted molar refractivity (Wildman–Crippen MR) is 128 cm³/mol. The summed E-state index contributed by atoms with van der Waals surface area (Å²) in [5, 5.41) is 18.0. The molecule has 0 aromatic carbocycles. The molecule has 0 radical (unpaired) electrons. The van der Waals surface area contributed by atoms with Crippen molar-refractivity contribution in [1.82, 2.24) is 15.7 Å². The molecule has 0 aromatic rings. The highest BCUT2D eigenvalue weighted by atomic mass is 16.6. The SMILES string of the molecule is CC(C)C[C@H](/C=C/C(C)(C)C(=O)NC1CC(C)(C)N(O)C(C)(C)C1)NC(=O)OC(C)(C)C. The average molecular weight is 454 g/mol. The Bertz CT molecular complexity index is 672. The van der Waals surface area contributed by atoms with E-state index in [0.29, 0.717) is 18.8 Å². The molecule has 186 valence electrons. The molecule has 0 bridgehead atoms. The van der Waals surface area contributed by atoms with Crippen LogP contribution >= 0.6 is 0 Å². The number of hydrogen-bond donors (Lipinski definition) is 3. The Morgan fingerprint density at radius 1 is 1.09 bits per heavy atom. The maximum atomic E-state index is 13.1. The third-order valence-corrected chi connectivity index (χ3v) is 5.73. The van der Waals surface area contributed by atoms with Crippen molar-refractivity contribution < 1.29 is 19.5 Å². The summed E-state index contributed by atoms with van der Waals surface area (Å²) in [6.07, 6.45) is 5.36. The fraction of sp³-hybridized carbons (Fsp3) is 0.840. The first kappa shape index (κ1) is 28.4. The number of piperidine rings is 1. The van der Waals surface area contributed by atoms with Crippen LogP contribution in [0.3, 0.4) is 0 Å². The van der Waals surface area contributed by atoms with Crippen LogP contribution in [0.1, 0.15) is 95.4 Å². The van der Waals surface area contributed by atoms with Gasteiger partial charge in [0.05, 0.1) is 11.5 Å². The van der Waals surface area contributed by atoms with Crippen LogP contribution in [0.5, 0.6) is 0 Å². The number of nitrogens with zero attached hydrogens (tertiary/aromatic N) is 1. The first-order valence-electron chi connectivity index (χ1n) is 11.7. The van der Waals surface area contributed by atoms with Crippen molar-refractivity contribution in [3.63, 3.8) is 0 Å². The Hall–Kier alpha value is -1.60. The standard InChI is InChI=1S/C25H47N3O4/c1-17(2)14-18(27-21(30)32-22(3,4)5)12-13-23(6,7)20(29)26-19-15-24(8,9)28(31)25(10,11)16-19/h12-13,17-19,31H,14-16H2,1-11H3,(H,26,29)(H,27,30)/b13-12+/t18-/m0/s1. The van der Waals surface area contributed by atoms with Crippen molar-refractivity contribution in [2.75, 3.05) is 0 Å². The predicted octanol–water partition coefficient (Wildman–Crippen LogP) is 5.04. The quantitative estimate of drug-likeness (QED) is 0.470. The molecule has 0 spiro atoms. The summed E-state index contributed by atoms with van der Waals surface area (Å²) in [6.45, 7) is 21.3. The molecule has 0 unspecified atom stereocenters. The highest BCUT2D eigenvalue weighted by Gasteiger charge is 2.46. The summed E-state index contributed by atoms with van der Waals surface area (Å²) in [6, 6.07) is -0.262. The van der Waals surface area contributed by atoms with Gasteiger partial charge in [0.15, 0.2) is 0 Å². The Morgan fingerprint density at radius 2 is 1.59 bits per heavy atom. The molecule has 7 nitrogen and oxygen atoms in total. The van der Waals surface area contributed by atoms with Gasteiger partial charge < -0.3 is 20.6 Å². The normalized spacial score (nSPS) is 20.9. The molecule has 0 saturated carbocycles. The van der Waals surface area contributed by atoms with E-state index in [9.17, 15) is 14.8 Å². The van der Waals surface area contributed by atoms with Crippen LogP contribution in [0.15, 0.2) is 12.2 Å². The number of rotatable bonds is 7. The molecule has 2 amide bonds. The van der Waals surface area contributed by atoms with E-state index < -0.39 is 28.2 Å². The molecular weight excluding hydrogens is 406 g/mol. The molecule has 1 aliphatic rings. The van der Waals surface area contributed by atoms with Gasteiger partial charge in [-0.2, -0.15) is 5.06 Å². The van der Waals surface area contributed by atoms with Gasteiger partial charge in [-0.15, -0.1) is 0 Å². The Balaban J connectivity index is 2.88. The second-order valence-electron chi connectivity index (χ2n) is 12.5. The van der Waals surface area contributed by atoms with Crippen LogP contribution in [0.4, 0.5) is 4.79 Å². The zero-order valence-corrected chi connectivity index (χ0v) is 22.1. The molecule has 1 fully saturated rings. The number of hydroxylamine groups is 2. The molecule has 0 aliphatic carbocycles. The van der Waals surface area contributed by atoms with Gasteiger partial charge in [-0.25, -0.2) is 4.79 Å². The average Bonchev–Trinajstić information content (AvgIpc) is 2.54. The highest BCUT2D eigenvalue weighted by Crippen LogP contribution is 2.37. The van der Waals surface area contributed by atoms with Crippen LogP contribution in [0.25, 0.3) is 0 Å². The van der Waals surface area contributed by atoms with E-state index >= 15 is 0 Å². The van der Waals surface area contributed by atoms with Gasteiger partial charge in [-0.3, -0.25) is 4.79 Å². The Kier molecular flexibility index (Phi) is 8.99. The van der Waals surface area contributed by atoms with Crippen molar-refractivity contribution in [1.29, 1.82) is 0 Å². The molecule has 1 aliphatic heterocycles. The number of ether oxygens (including phenoxy) is 1. The zero-order valence-electron chi connectivity index (χ0n) is 22.1.